The molecule has 0 saturated carbocycles. The SMILES string of the molecule is CC1C(=O)N(CCCc2cccc(N)c2)C(=O)C1C. The van der Waals surface area contributed by atoms with E-state index >= 15 is 0 Å². The summed E-state index contributed by atoms with van der Waals surface area (Å²) in [6, 6.07) is 7.70. The molecule has 1 heterocycles. The molecule has 1 aliphatic heterocycles. The number of rotatable bonds is 4. The number of hydrogen-bond donors (Lipinski definition) is 1. The van der Waals surface area contributed by atoms with Crippen LogP contribution in [0, 0.1) is 11.8 Å². The maximum absolute atomic E-state index is 11.9. The largest absolute Gasteiger partial charge is 0.399 e. The molecule has 0 aromatic heterocycles. The number of nitrogen functional groups attached to an aromatic ring is 1. The molecular formula is C15H20N2O2. The lowest BCUT2D eigenvalue weighted by Gasteiger charge is -2.14. The molecule has 2 N–H and O–H groups in total. The number of amides is 2. The van der Waals surface area contributed by atoms with Gasteiger partial charge >= 0.3 is 0 Å². The monoisotopic (exact) mass is 260 g/mol. The van der Waals surface area contributed by atoms with Crippen LogP contribution in [0.25, 0.3) is 0 Å². The van der Waals surface area contributed by atoms with Crippen LogP contribution in [-0.2, 0) is 16.0 Å². The molecule has 1 aliphatic rings. The summed E-state index contributed by atoms with van der Waals surface area (Å²) in [5.74, 6) is -0.435. The van der Waals surface area contributed by atoms with Gasteiger partial charge in [0, 0.05) is 24.1 Å². The minimum absolute atomic E-state index is 0.0370. The van der Waals surface area contributed by atoms with Crippen molar-refractivity contribution in [2.45, 2.75) is 26.7 Å². The number of imide groups is 1. The first-order valence-electron chi connectivity index (χ1n) is 6.70. The Morgan fingerprint density at radius 1 is 1.16 bits per heavy atom. The fourth-order valence-electron chi connectivity index (χ4n) is 2.44. The second kappa shape index (κ2) is 5.43. The van der Waals surface area contributed by atoms with Crippen molar-refractivity contribution in [2.24, 2.45) is 11.8 Å². The summed E-state index contributed by atoms with van der Waals surface area (Å²) in [7, 11) is 0. The smallest absolute Gasteiger partial charge is 0.232 e. The van der Waals surface area contributed by atoms with Crippen molar-refractivity contribution in [3.8, 4) is 0 Å². The van der Waals surface area contributed by atoms with Gasteiger partial charge < -0.3 is 5.73 Å². The number of nitrogens with zero attached hydrogens (tertiary/aromatic N) is 1. The van der Waals surface area contributed by atoms with E-state index in [1.165, 1.54) is 4.90 Å². The zero-order chi connectivity index (χ0) is 14.0. The van der Waals surface area contributed by atoms with Gasteiger partial charge in [0.2, 0.25) is 11.8 Å². The molecule has 4 nitrogen and oxygen atoms in total. The first-order chi connectivity index (χ1) is 9.00. The number of aryl methyl sites for hydroxylation is 1. The lowest BCUT2D eigenvalue weighted by atomic mass is 10.00. The number of benzene rings is 1. The van der Waals surface area contributed by atoms with Gasteiger partial charge in [-0.15, -0.1) is 0 Å². The summed E-state index contributed by atoms with van der Waals surface area (Å²) >= 11 is 0. The van der Waals surface area contributed by atoms with Crippen molar-refractivity contribution in [3.63, 3.8) is 0 Å². The second-order valence-electron chi connectivity index (χ2n) is 5.25. The van der Waals surface area contributed by atoms with E-state index < -0.39 is 0 Å². The standard InChI is InChI=1S/C15H20N2O2/c1-10-11(2)15(19)17(14(10)18)8-4-6-12-5-3-7-13(16)9-12/h3,5,7,9-11H,4,6,8,16H2,1-2H3. The van der Waals surface area contributed by atoms with Crippen LogP contribution in [0.5, 0.6) is 0 Å². The molecule has 1 saturated heterocycles. The predicted octanol–water partition coefficient (Wildman–Crippen LogP) is 1.84. The highest BCUT2D eigenvalue weighted by molar-refractivity contribution is 6.04. The maximum Gasteiger partial charge on any atom is 0.232 e. The van der Waals surface area contributed by atoms with Crippen molar-refractivity contribution in [3.05, 3.63) is 29.8 Å². The number of carbonyl (C=O) groups excluding carboxylic acids is 2. The molecule has 19 heavy (non-hydrogen) atoms. The maximum atomic E-state index is 11.9. The Morgan fingerprint density at radius 3 is 2.37 bits per heavy atom. The molecule has 102 valence electrons. The second-order valence-corrected chi connectivity index (χ2v) is 5.25. The number of likely N-dealkylation sites (tertiary alicyclic amines) is 1. The van der Waals surface area contributed by atoms with Crippen LogP contribution in [0.3, 0.4) is 0 Å². The van der Waals surface area contributed by atoms with Crippen molar-refractivity contribution in [2.75, 3.05) is 12.3 Å². The van der Waals surface area contributed by atoms with E-state index in [2.05, 4.69) is 0 Å². The van der Waals surface area contributed by atoms with E-state index in [0.717, 1.165) is 24.1 Å². The summed E-state index contributed by atoms with van der Waals surface area (Å²) in [5, 5.41) is 0. The van der Waals surface area contributed by atoms with E-state index in [0.29, 0.717) is 6.54 Å². The third-order valence-corrected chi connectivity index (χ3v) is 3.86. The third kappa shape index (κ3) is 2.78. The molecule has 2 unspecified atom stereocenters. The van der Waals surface area contributed by atoms with Crippen molar-refractivity contribution >= 4 is 17.5 Å². The van der Waals surface area contributed by atoms with Crippen molar-refractivity contribution in [1.29, 1.82) is 0 Å². The zero-order valence-corrected chi connectivity index (χ0v) is 11.4. The van der Waals surface area contributed by atoms with Gasteiger partial charge in [0.15, 0.2) is 0 Å². The highest BCUT2D eigenvalue weighted by Crippen LogP contribution is 2.25. The first kappa shape index (κ1) is 13.6. The molecule has 0 spiro atoms. The molecule has 1 aromatic rings. The van der Waals surface area contributed by atoms with Crippen LogP contribution in [-0.4, -0.2) is 23.3 Å². The Morgan fingerprint density at radius 2 is 1.79 bits per heavy atom. The minimum atomic E-state index is -0.181. The highest BCUT2D eigenvalue weighted by Gasteiger charge is 2.41. The normalized spacial score (nSPS) is 23.2. The Labute approximate surface area is 113 Å². The minimum Gasteiger partial charge on any atom is -0.399 e. The average Bonchev–Trinajstić information content (AvgIpc) is 2.56. The van der Waals surface area contributed by atoms with E-state index in [-0.39, 0.29) is 23.7 Å². The van der Waals surface area contributed by atoms with Gasteiger partial charge in [-0.2, -0.15) is 0 Å². The van der Waals surface area contributed by atoms with E-state index in [1.807, 2.05) is 38.1 Å². The zero-order valence-electron chi connectivity index (χ0n) is 11.4. The van der Waals surface area contributed by atoms with Gasteiger partial charge in [0.25, 0.3) is 0 Å². The number of anilines is 1. The summed E-state index contributed by atoms with van der Waals surface area (Å²) in [4.78, 5) is 25.2. The molecule has 2 atom stereocenters. The van der Waals surface area contributed by atoms with Crippen LogP contribution in [0.4, 0.5) is 5.69 Å². The molecule has 2 amide bonds. The number of hydrogen-bond acceptors (Lipinski definition) is 3. The Kier molecular flexibility index (Phi) is 3.88. The fourth-order valence-corrected chi connectivity index (χ4v) is 2.44. The quantitative estimate of drug-likeness (QED) is 0.663. The van der Waals surface area contributed by atoms with Crippen molar-refractivity contribution < 1.29 is 9.59 Å². The Bertz CT molecular complexity index is 479. The molecule has 1 fully saturated rings. The molecule has 0 radical (unpaired) electrons. The molecule has 0 bridgehead atoms. The molecule has 2 rings (SSSR count). The van der Waals surface area contributed by atoms with E-state index in [4.69, 9.17) is 5.73 Å². The van der Waals surface area contributed by atoms with Gasteiger partial charge in [-0.1, -0.05) is 26.0 Å². The average molecular weight is 260 g/mol. The third-order valence-electron chi connectivity index (χ3n) is 3.86. The molecular weight excluding hydrogens is 240 g/mol. The topological polar surface area (TPSA) is 63.4 Å². The number of nitrogens with two attached hydrogens (primary N) is 1. The highest BCUT2D eigenvalue weighted by atomic mass is 16.2. The van der Waals surface area contributed by atoms with Crippen LogP contribution >= 0.6 is 0 Å². The predicted molar refractivity (Wildman–Crippen MR) is 74.2 cm³/mol. The molecule has 1 aromatic carbocycles. The summed E-state index contributed by atoms with van der Waals surface area (Å²) in [5.41, 5.74) is 7.60. The summed E-state index contributed by atoms with van der Waals surface area (Å²) in [6.07, 6.45) is 1.60. The Balaban J connectivity index is 1.90. The van der Waals surface area contributed by atoms with E-state index in [9.17, 15) is 9.59 Å². The summed E-state index contributed by atoms with van der Waals surface area (Å²) in [6.45, 7) is 4.15. The summed E-state index contributed by atoms with van der Waals surface area (Å²) < 4.78 is 0. The van der Waals surface area contributed by atoms with Crippen LogP contribution in [0.1, 0.15) is 25.8 Å². The van der Waals surface area contributed by atoms with Gasteiger partial charge in [0.05, 0.1) is 0 Å². The van der Waals surface area contributed by atoms with E-state index in [1.54, 1.807) is 0 Å². The van der Waals surface area contributed by atoms with Gasteiger partial charge in [-0.25, -0.2) is 0 Å². The van der Waals surface area contributed by atoms with Gasteiger partial charge in [-0.3, -0.25) is 14.5 Å². The fraction of sp³-hybridized carbons (Fsp3) is 0.467. The van der Waals surface area contributed by atoms with Crippen LogP contribution in [0.15, 0.2) is 24.3 Å². The Hall–Kier alpha value is -1.84. The lowest BCUT2D eigenvalue weighted by Crippen LogP contribution is -2.32. The van der Waals surface area contributed by atoms with Gasteiger partial charge in [0.1, 0.15) is 0 Å². The van der Waals surface area contributed by atoms with Crippen LogP contribution < -0.4 is 5.73 Å². The van der Waals surface area contributed by atoms with Crippen molar-refractivity contribution in [1.82, 2.24) is 4.90 Å². The molecule has 0 aliphatic carbocycles. The lowest BCUT2D eigenvalue weighted by molar-refractivity contribution is -0.139. The van der Waals surface area contributed by atoms with Gasteiger partial charge in [-0.05, 0) is 30.5 Å². The number of carbonyl (C=O) groups is 2. The van der Waals surface area contributed by atoms with Crippen LogP contribution in [0.2, 0.25) is 0 Å². The first-order valence-corrected chi connectivity index (χ1v) is 6.70. The molecule has 4 heteroatoms.